The van der Waals surface area contributed by atoms with Crippen molar-refractivity contribution in [2.24, 2.45) is 0 Å². The van der Waals surface area contributed by atoms with Gasteiger partial charge in [-0.05, 0) is 25.1 Å². The first-order valence-corrected chi connectivity index (χ1v) is 6.53. The Balaban J connectivity index is 2.15. The van der Waals surface area contributed by atoms with Crippen molar-refractivity contribution in [3.8, 4) is 11.8 Å². The molecule has 0 aliphatic heterocycles. The van der Waals surface area contributed by atoms with Crippen molar-refractivity contribution in [2.45, 2.75) is 20.1 Å². The first-order chi connectivity index (χ1) is 9.63. The molecular formula is C16H14ClNO2. The number of ether oxygens (including phenoxy) is 1. The van der Waals surface area contributed by atoms with Crippen LogP contribution in [0.5, 0.6) is 5.75 Å². The Morgan fingerprint density at radius 3 is 2.65 bits per heavy atom. The summed E-state index contributed by atoms with van der Waals surface area (Å²) in [5, 5.41) is 18.6. The highest BCUT2D eigenvalue weighted by Crippen LogP contribution is 2.23. The molecule has 0 bridgehead atoms. The number of nitrogens with zero attached hydrogens (tertiary/aromatic N) is 1. The Labute approximate surface area is 123 Å². The normalized spacial score (nSPS) is 10.1. The van der Waals surface area contributed by atoms with Crippen LogP contribution in [-0.2, 0) is 13.2 Å². The first kappa shape index (κ1) is 14.4. The summed E-state index contributed by atoms with van der Waals surface area (Å²) in [7, 11) is 0. The van der Waals surface area contributed by atoms with E-state index >= 15 is 0 Å². The van der Waals surface area contributed by atoms with Crippen LogP contribution in [0, 0.1) is 18.3 Å². The molecule has 0 atom stereocenters. The van der Waals surface area contributed by atoms with Gasteiger partial charge in [0.2, 0.25) is 0 Å². The van der Waals surface area contributed by atoms with Crippen LogP contribution in [0.15, 0.2) is 36.4 Å². The molecule has 0 aliphatic carbocycles. The fraction of sp³-hybridized carbons (Fsp3) is 0.188. The summed E-state index contributed by atoms with van der Waals surface area (Å²) in [5.74, 6) is 0.638. The minimum Gasteiger partial charge on any atom is -0.488 e. The average molecular weight is 288 g/mol. The highest BCUT2D eigenvalue weighted by Gasteiger charge is 2.06. The maximum absolute atomic E-state index is 9.32. The van der Waals surface area contributed by atoms with Crippen molar-refractivity contribution >= 4 is 11.6 Å². The van der Waals surface area contributed by atoms with Crippen molar-refractivity contribution in [1.82, 2.24) is 0 Å². The first-order valence-electron chi connectivity index (χ1n) is 6.15. The molecule has 3 nitrogen and oxygen atoms in total. The maximum atomic E-state index is 9.32. The largest absolute Gasteiger partial charge is 0.488 e. The van der Waals surface area contributed by atoms with Gasteiger partial charge in [-0.3, -0.25) is 0 Å². The zero-order chi connectivity index (χ0) is 14.5. The van der Waals surface area contributed by atoms with Gasteiger partial charge in [0.15, 0.2) is 0 Å². The highest BCUT2D eigenvalue weighted by molar-refractivity contribution is 6.31. The van der Waals surface area contributed by atoms with Gasteiger partial charge in [0, 0.05) is 16.1 Å². The van der Waals surface area contributed by atoms with Crippen molar-refractivity contribution < 1.29 is 9.84 Å². The van der Waals surface area contributed by atoms with Crippen LogP contribution in [0.4, 0.5) is 0 Å². The van der Waals surface area contributed by atoms with Crippen molar-refractivity contribution in [3.05, 3.63) is 63.7 Å². The fourth-order valence-corrected chi connectivity index (χ4v) is 2.10. The summed E-state index contributed by atoms with van der Waals surface area (Å²) < 4.78 is 5.70. The lowest BCUT2D eigenvalue weighted by atomic mass is 10.1. The van der Waals surface area contributed by atoms with Gasteiger partial charge < -0.3 is 9.84 Å². The van der Waals surface area contributed by atoms with E-state index in [9.17, 15) is 5.11 Å². The van der Waals surface area contributed by atoms with Gasteiger partial charge in [0.05, 0.1) is 18.2 Å². The number of aliphatic hydroxyl groups is 1. The molecule has 1 N–H and O–H groups in total. The zero-order valence-electron chi connectivity index (χ0n) is 11.1. The molecule has 102 valence electrons. The lowest BCUT2D eigenvalue weighted by Gasteiger charge is -2.12. The summed E-state index contributed by atoms with van der Waals surface area (Å²) in [6.45, 7) is 2.18. The molecule has 0 unspecified atom stereocenters. The number of hydrogen-bond donors (Lipinski definition) is 1. The van der Waals surface area contributed by atoms with Crippen LogP contribution in [0.3, 0.4) is 0 Å². The Kier molecular flexibility index (Phi) is 4.62. The van der Waals surface area contributed by atoms with Crippen molar-refractivity contribution in [1.29, 1.82) is 5.26 Å². The number of hydrogen-bond acceptors (Lipinski definition) is 3. The van der Waals surface area contributed by atoms with E-state index < -0.39 is 0 Å². The summed E-state index contributed by atoms with van der Waals surface area (Å²) in [6.07, 6.45) is 0. The molecule has 0 fully saturated rings. The van der Waals surface area contributed by atoms with Gasteiger partial charge in [-0.25, -0.2) is 0 Å². The van der Waals surface area contributed by atoms with E-state index in [0.717, 1.165) is 16.7 Å². The van der Waals surface area contributed by atoms with E-state index in [0.29, 0.717) is 22.9 Å². The summed E-state index contributed by atoms with van der Waals surface area (Å²) in [4.78, 5) is 0. The molecule has 0 aliphatic rings. The van der Waals surface area contributed by atoms with E-state index in [1.165, 1.54) is 0 Å². The second kappa shape index (κ2) is 6.42. The Hall–Kier alpha value is -2.02. The second-order valence-corrected chi connectivity index (χ2v) is 4.88. The number of benzene rings is 2. The Morgan fingerprint density at radius 2 is 2.00 bits per heavy atom. The van der Waals surface area contributed by atoms with Crippen LogP contribution in [0.2, 0.25) is 5.02 Å². The van der Waals surface area contributed by atoms with Crippen LogP contribution in [0.25, 0.3) is 0 Å². The van der Waals surface area contributed by atoms with Gasteiger partial charge in [-0.2, -0.15) is 5.26 Å². The lowest BCUT2D eigenvalue weighted by molar-refractivity contribution is 0.259. The SMILES string of the molecule is Cc1ccc(OCc2ccc(C#N)cc2Cl)c(CO)c1. The quantitative estimate of drug-likeness (QED) is 0.935. The van der Waals surface area contributed by atoms with Crippen molar-refractivity contribution in [3.63, 3.8) is 0 Å². The van der Waals surface area contributed by atoms with E-state index in [1.54, 1.807) is 18.2 Å². The van der Waals surface area contributed by atoms with Crippen molar-refractivity contribution in [2.75, 3.05) is 0 Å². The lowest BCUT2D eigenvalue weighted by Crippen LogP contribution is -2.00. The monoisotopic (exact) mass is 287 g/mol. The summed E-state index contributed by atoms with van der Waals surface area (Å²) in [5.41, 5.74) is 3.13. The molecule has 0 aromatic heterocycles. The molecule has 2 rings (SSSR count). The predicted octanol–water partition coefficient (Wildman–Crippen LogP) is 3.59. The maximum Gasteiger partial charge on any atom is 0.125 e. The zero-order valence-corrected chi connectivity index (χ0v) is 11.8. The minimum absolute atomic E-state index is 0.0713. The number of rotatable bonds is 4. The Bertz CT molecular complexity index is 662. The number of aryl methyl sites for hydroxylation is 1. The molecule has 0 spiro atoms. The van der Waals surface area contributed by atoms with Crippen LogP contribution in [0.1, 0.15) is 22.3 Å². The molecule has 2 aromatic carbocycles. The van der Waals surface area contributed by atoms with Gasteiger partial charge >= 0.3 is 0 Å². The van der Waals surface area contributed by atoms with Gasteiger partial charge in [0.1, 0.15) is 12.4 Å². The molecule has 4 heteroatoms. The van der Waals surface area contributed by atoms with Gasteiger partial charge in [-0.15, -0.1) is 0 Å². The third-order valence-electron chi connectivity index (χ3n) is 2.95. The predicted molar refractivity (Wildman–Crippen MR) is 77.6 cm³/mol. The average Bonchev–Trinajstić information content (AvgIpc) is 2.46. The van der Waals surface area contributed by atoms with E-state index in [1.807, 2.05) is 31.2 Å². The van der Waals surface area contributed by atoms with E-state index in [4.69, 9.17) is 21.6 Å². The topological polar surface area (TPSA) is 53.2 Å². The minimum atomic E-state index is -0.0713. The third-order valence-corrected chi connectivity index (χ3v) is 3.30. The number of halogens is 1. The molecular weight excluding hydrogens is 274 g/mol. The molecule has 0 saturated carbocycles. The van der Waals surface area contributed by atoms with Crippen LogP contribution < -0.4 is 4.74 Å². The molecule has 0 radical (unpaired) electrons. The molecule has 0 amide bonds. The fourth-order valence-electron chi connectivity index (χ4n) is 1.86. The summed E-state index contributed by atoms with van der Waals surface area (Å²) >= 11 is 6.09. The third kappa shape index (κ3) is 3.30. The van der Waals surface area contributed by atoms with Crippen LogP contribution >= 0.6 is 11.6 Å². The molecule has 0 heterocycles. The molecule has 0 saturated heterocycles. The van der Waals surface area contributed by atoms with Gasteiger partial charge in [-0.1, -0.05) is 35.4 Å². The molecule has 2 aromatic rings. The number of nitriles is 1. The number of aliphatic hydroxyl groups excluding tert-OH is 1. The summed E-state index contributed by atoms with van der Waals surface area (Å²) in [6, 6.07) is 12.8. The van der Waals surface area contributed by atoms with Gasteiger partial charge in [0.25, 0.3) is 0 Å². The molecule has 20 heavy (non-hydrogen) atoms. The van der Waals surface area contributed by atoms with Crippen LogP contribution in [-0.4, -0.2) is 5.11 Å². The second-order valence-electron chi connectivity index (χ2n) is 4.48. The van der Waals surface area contributed by atoms with E-state index in [2.05, 4.69) is 0 Å². The highest BCUT2D eigenvalue weighted by atomic mass is 35.5. The smallest absolute Gasteiger partial charge is 0.125 e. The Morgan fingerprint density at radius 1 is 1.20 bits per heavy atom. The van der Waals surface area contributed by atoms with E-state index in [-0.39, 0.29) is 6.61 Å². The standard InChI is InChI=1S/C16H14ClNO2/c1-11-2-5-16(14(6-11)9-19)20-10-13-4-3-12(8-18)7-15(13)17/h2-7,19H,9-10H2,1H3.